The van der Waals surface area contributed by atoms with Gasteiger partial charge in [0, 0.05) is 16.6 Å². The molecule has 4 aromatic rings. The Labute approximate surface area is 364 Å². The van der Waals surface area contributed by atoms with Crippen molar-refractivity contribution in [1.29, 1.82) is 0 Å². The first kappa shape index (κ1) is 50.0. The average molecular weight is 869 g/mol. The second-order valence-electron chi connectivity index (χ2n) is 8.88. The second-order valence-corrected chi connectivity index (χ2v) is 14.7. The first-order valence-corrected chi connectivity index (χ1v) is 17.6. The third-order valence-electron chi connectivity index (χ3n) is 5.70. The molecule has 1 N–H and O–H groups in total. The molecular formula is C22H12CuF2N5Na3O14S4. The van der Waals surface area contributed by atoms with Gasteiger partial charge in [-0.3, -0.25) is 4.18 Å². The van der Waals surface area contributed by atoms with E-state index < -0.39 is 108 Å². The molecule has 0 amide bonds. The summed E-state index contributed by atoms with van der Waals surface area (Å²) in [6.07, 6.45) is 0. The van der Waals surface area contributed by atoms with Crippen LogP contribution in [0.3, 0.4) is 0 Å². The molecular weight excluding hydrogens is 857 g/mol. The van der Waals surface area contributed by atoms with Gasteiger partial charge in [-0.15, -0.1) is 5.11 Å². The molecule has 19 nitrogen and oxygen atoms in total. The molecule has 0 aliphatic carbocycles. The third-order valence-corrected chi connectivity index (χ3v) is 9.50. The maximum atomic E-state index is 13.4. The van der Waals surface area contributed by atoms with Crippen molar-refractivity contribution >= 4 is 74.3 Å². The Morgan fingerprint density at radius 3 is 1.84 bits per heavy atom. The van der Waals surface area contributed by atoms with Crippen LogP contribution in [0.1, 0.15) is 0 Å². The minimum Gasteiger partial charge on any atom is -0.871 e. The van der Waals surface area contributed by atoms with Crippen LogP contribution in [0.2, 0.25) is 0 Å². The fourth-order valence-corrected chi connectivity index (χ4v) is 6.59. The number of nitrogens with one attached hydrogen (secondary N) is 1. The number of aromatic nitrogens is 2. The number of nitrogens with zero attached hydrogens (tertiary/aromatic N) is 4. The summed E-state index contributed by atoms with van der Waals surface area (Å²) < 4.78 is 159. The Bertz CT molecular complexity index is 2410. The maximum absolute atomic E-state index is 13.4. The van der Waals surface area contributed by atoms with E-state index in [0.717, 1.165) is 18.2 Å². The molecule has 3 aromatic carbocycles. The van der Waals surface area contributed by atoms with Crippen molar-refractivity contribution in [2.45, 2.75) is 14.7 Å². The Balaban J connectivity index is 0.00000625. The largest absolute Gasteiger partial charge is 2.00 e. The van der Waals surface area contributed by atoms with Gasteiger partial charge in [0.25, 0.3) is 0 Å². The van der Waals surface area contributed by atoms with Crippen LogP contribution in [0.25, 0.3) is 10.8 Å². The summed E-state index contributed by atoms with van der Waals surface area (Å²) in [6.45, 7) is -1.27. The van der Waals surface area contributed by atoms with Gasteiger partial charge in [-0.05, 0) is 41.1 Å². The van der Waals surface area contributed by atoms with Crippen LogP contribution in [-0.2, 0) is 61.7 Å². The zero-order valence-corrected chi connectivity index (χ0v) is 35.9. The molecule has 29 heteroatoms. The molecule has 1 heterocycles. The van der Waals surface area contributed by atoms with Gasteiger partial charge in [0.05, 0.1) is 33.5 Å². The molecule has 0 fully saturated rings. The molecule has 0 bridgehead atoms. The molecule has 0 saturated carbocycles. The topological polar surface area (TPSA) is 324 Å². The van der Waals surface area contributed by atoms with Gasteiger partial charge in [0.1, 0.15) is 20.2 Å². The summed E-state index contributed by atoms with van der Waals surface area (Å²) in [5, 5.41) is 34.2. The van der Waals surface area contributed by atoms with Crippen LogP contribution in [0, 0.1) is 11.9 Å². The zero-order chi connectivity index (χ0) is 35.1. The first-order valence-electron chi connectivity index (χ1n) is 11.8. The van der Waals surface area contributed by atoms with E-state index in [0.29, 0.717) is 18.2 Å². The SMILES string of the molecule is O=S(=O)([O-])OCCS(=O)(=O)c1cc(N=Nc2c(S(=O)(=O)[O-])cc3cc(Nc4nc(F)cc(F)n4)ccc3c2[O-])c([O-])c(S(=O)(=O)[O-])c1.[Cu+2].[Na+].[Na+].[Na+]. The van der Waals surface area contributed by atoms with E-state index in [1.807, 2.05) is 0 Å². The van der Waals surface area contributed by atoms with Crippen molar-refractivity contribution in [3.63, 3.8) is 0 Å². The van der Waals surface area contributed by atoms with E-state index >= 15 is 0 Å². The molecule has 261 valence electrons. The van der Waals surface area contributed by atoms with Gasteiger partial charge in [-0.25, -0.2) is 33.7 Å². The first-order chi connectivity index (χ1) is 21.5. The summed E-state index contributed by atoms with van der Waals surface area (Å²) in [5.41, 5.74) is -2.56. The standard InChI is InChI=1S/C22H17F2N5O14S4.Cu.3Na/c23-17-9-18(24)27-22(26-17)25-11-1-2-13-10(5-11)6-15(45(34,35)36)19(20(13)30)29-28-14-7-12(8-16(21(14)31)46(37,38)39)44(32,33)4-3-43-47(40,41)42;;;;/h1-2,5-9,30-31H,3-4H2,(H,25,26,27)(H,34,35,36)(H,37,38,39)(H,40,41,42);;;;/q;+2;3*+1/p-5. The van der Waals surface area contributed by atoms with E-state index in [9.17, 15) is 66.3 Å². The minimum atomic E-state index is -5.74. The van der Waals surface area contributed by atoms with Crippen LogP contribution < -0.4 is 104 Å². The maximum Gasteiger partial charge on any atom is 2.00 e. The number of hydrogen-bond donors (Lipinski definition) is 1. The van der Waals surface area contributed by atoms with Gasteiger partial charge >= 0.3 is 106 Å². The van der Waals surface area contributed by atoms with Crippen molar-refractivity contribution in [1.82, 2.24) is 9.97 Å². The summed E-state index contributed by atoms with van der Waals surface area (Å²) in [4.78, 5) is 2.41. The van der Waals surface area contributed by atoms with Crippen LogP contribution in [0.5, 0.6) is 11.5 Å². The number of benzene rings is 3. The predicted octanol–water partition coefficient (Wildman–Crippen LogP) is -8.72. The van der Waals surface area contributed by atoms with Crippen molar-refractivity contribution < 1.29 is 176 Å². The summed E-state index contributed by atoms with van der Waals surface area (Å²) in [6, 6.07) is 4.66. The van der Waals surface area contributed by atoms with Crippen molar-refractivity contribution in [2.75, 3.05) is 17.7 Å². The molecule has 0 aliphatic heterocycles. The summed E-state index contributed by atoms with van der Waals surface area (Å²) in [5.74, 6) is -7.45. The van der Waals surface area contributed by atoms with Crippen molar-refractivity contribution in [3.8, 4) is 11.5 Å². The molecule has 1 radical (unpaired) electrons. The smallest absolute Gasteiger partial charge is 0.871 e. The monoisotopic (exact) mass is 868 g/mol. The van der Waals surface area contributed by atoms with Gasteiger partial charge in [0.2, 0.25) is 28.2 Å². The molecule has 4 rings (SSSR count). The second kappa shape index (κ2) is 19.1. The number of halogens is 2. The number of rotatable bonds is 11. The van der Waals surface area contributed by atoms with Gasteiger partial charge in [-0.1, -0.05) is 17.6 Å². The number of hydrogen-bond acceptors (Lipinski definition) is 19. The molecule has 51 heavy (non-hydrogen) atoms. The van der Waals surface area contributed by atoms with E-state index in [1.54, 1.807) is 0 Å². The molecule has 0 unspecified atom stereocenters. The van der Waals surface area contributed by atoms with E-state index in [2.05, 4.69) is 29.7 Å². The van der Waals surface area contributed by atoms with Crippen LogP contribution in [0.4, 0.5) is 31.8 Å². The Morgan fingerprint density at radius 1 is 0.745 bits per heavy atom. The van der Waals surface area contributed by atoms with Gasteiger partial charge < -0.3 is 29.2 Å². The molecule has 0 aliphatic rings. The average Bonchev–Trinajstić information content (AvgIpc) is 2.90. The van der Waals surface area contributed by atoms with E-state index in [1.165, 1.54) is 0 Å². The van der Waals surface area contributed by atoms with Gasteiger partial charge in [0.15, 0.2) is 9.84 Å². The fraction of sp³-hybridized carbons (Fsp3) is 0.0909. The van der Waals surface area contributed by atoms with E-state index in [-0.39, 0.29) is 128 Å². The summed E-state index contributed by atoms with van der Waals surface area (Å²) in [7, 11) is -21.5. The third kappa shape index (κ3) is 13.1. The van der Waals surface area contributed by atoms with Crippen LogP contribution in [-0.4, -0.2) is 69.7 Å². The molecule has 0 saturated heterocycles. The molecule has 0 atom stereocenters. The quantitative estimate of drug-likeness (QED) is 0.0481. The van der Waals surface area contributed by atoms with E-state index in [4.69, 9.17) is 0 Å². The Kier molecular flexibility index (Phi) is 18.7. The normalized spacial score (nSPS) is 11.9. The van der Waals surface area contributed by atoms with Crippen molar-refractivity contribution in [2.24, 2.45) is 10.2 Å². The van der Waals surface area contributed by atoms with Crippen LogP contribution in [0.15, 0.2) is 67.4 Å². The number of sulfone groups is 1. The Morgan fingerprint density at radius 2 is 1.31 bits per heavy atom. The van der Waals surface area contributed by atoms with Gasteiger partial charge in [-0.2, -0.15) is 23.9 Å². The summed E-state index contributed by atoms with van der Waals surface area (Å²) >= 11 is 0. The van der Waals surface area contributed by atoms with Crippen LogP contribution >= 0.6 is 0 Å². The number of azo groups is 1. The number of anilines is 2. The Hall–Kier alpha value is -0.981. The minimum absolute atomic E-state index is 0. The predicted molar refractivity (Wildman–Crippen MR) is 142 cm³/mol. The van der Waals surface area contributed by atoms with Crippen molar-refractivity contribution in [3.05, 3.63) is 54.4 Å². The fourth-order valence-electron chi connectivity index (χ4n) is 3.75. The molecule has 1 aromatic heterocycles. The molecule has 0 spiro atoms. The number of fused-ring (bicyclic) bond motifs is 1. The zero-order valence-electron chi connectivity index (χ0n) is 25.7.